The fraction of sp³-hybridized carbons (Fsp3) is 0.318. The maximum atomic E-state index is 13.0. The van der Waals surface area contributed by atoms with Crippen molar-refractivity contribution >= 4 is 70.4 Å². The minimum atomic E-state index is -0.442. The average molecular weight is 815 g/mol. The zero-order valence-electron chi connectivity index (χ0n) is 33.5. The molecule has 60 heavy (non-hydrogen) atoms. The number of amides is 8. The molecule has 8 N–H and O–H groups in total. The lowest BCUT2D eigenvalue weighted by molar-refractivity contribution is 0.251. The van der Waals surface area contributed by atoms with E-state index in [1.165, 1.54) is 12.2 Å². The number of nitrogens with one attached hydrogen (secondary N) is 8. The summed E-state index contributed by atoms with van der Waals surface area (Å²) >= 11 is 0. The number of unbranched alkanes of at least 4 members (excludes halogenated alkanes) is 6. The maximum absolute atomic E-state index is 13.0. The second-order valence-corrected chi connectivity index (χ2v) is 14.2. The van der Waals surface area contributed by atoms with Gasteiger partial charge in [-0.05, 0) is 109 Å². The van der Waals surface area contributed by atoms with E-state index in [0.717, 1.165) is 73.6 Å². The Hall–Kier alpha value is -7.28. The van der Waals surface area contributed by atoms with Crippen LogP contribution in [-0.2, 0) is 9.59 Å². The van der Waals surface area contributed by atoms with Gasteiger partial charge in [0.15, 0.2) is 0 Å². The molecule has 0 saturated heterocycles. The van der Waals surface area contributed by atoms with Gasteiger partial charge >= 0.3 is 24.1 Å². The number of aliphatic imine (C=N–C) groups is 2. The number of nitrogens with zero attached hydrogens (tertiary/aromatic N) is 2. The molecule has 5 rings (SSSR count). The van der Waals surface area contributed by atoms with E-state index in [9.17, 15) is 28.8 Å². The number of carbonyl (C=O) groups excluding carboxylic acids is 6. The van der Waals surface area contributed by atoms with Crippen molar-refractivity contribution < 1.29 is 28.8 Å². The molecule has 8 amide bonds. The Morgan fingerprint density at radius 1 is 0.467 bits per heavy atom. The molecular weight excluding hydrogens is 765 g/mol. The van der Waals surface area contributed by atoms with Crippen LogP contribution >= 0.6 is 0 Å². The van der Waals surface area contributed by atoms with Gasteiger partial charge in [-0.2, -0.15) is 0 Å². The zero-order valence-corrected chi connectivity index (χ0v) is 33.5. The molecule has 0 atom stereocenters. The molecule has 0 heterocycles. The van der Waals surface area contributed by atoms with Crippen LogP contribution in [0.5, 0.6) is 0 Å². The molecule has 0 spiro atoms. The average Bonchev–Trinajstić information content (AvgIpc) is 3.49. The van der Waals surface area contributed by atoms with E-state index in [2.05, 4.69) is 59.4 Å². The Morgan fingerprint density at radius 3 is 1.20 bits per heavy atom. The Morgan fingerprint density at radius 2 is 0.817 bits per heavy atom. The minimum absolute atomic E-state index is 0.0151. The van der Waals surface area contributed by atoms with E-state index in [1.54, 1.807) is 48.5 Å². The lowest BCUT2D eigenvalue weighted by Gasteiger charge is -2.13. The molecule has 0 aliphatic heterocycles. The lowest BCUT2D eigenvalue weighted by atomic mass is 9.98. The number of hydrogen-bond donors (Lipinski definition) is 8. The Balaban J connectivity index is 1.06. The molecule has 16 nitrogen and oxygen atoms in total. The molecular formula is C44H50N10O6. The summed E-state index contributed by atoms with van der Waals surface area (Å²) in [4.78, 5) is 78.0. The van der Waals surface area contributed by atoms with Crippen LogP contribution in [0.4, 0.5) is 53.3 Å². The van der Waals surface area contributed by atoms with E-state index in [1.807, 2.05) is 36.4 Å². The van der Waals surface area contributed by atoms with Gasteiger partial charge in [-0.3, -0.25) is 0 Å². The molecule has 0 fully saturated rings. The SMILES string of the molecule is CC1c2cc(NC(=O)Nc3cccc(NC(=O)NCCCCCCN=C=O)c3)ccc2-c2ccc(NC(=O)Nc3cccc(NC(=O)NCCCCCCN=C=O)c3)cc21. The number of fused-ring (bicyclic) bond motifs is 3. The molecule has 0 saturated carbocycles. The van der Waals surface area contributed by atoms with Gasteiger partial charge in [0.25, 0.3) is 0 Å². The predicted molar refractivity (Wildman–Crippen MR) is 235 cm³/mol. The highest BCUT2D eigenvalue weighted by molar-refractivity contribution is 6.02. The van der Waals surface area contributed by atoms with Gasteiger partial charge in [0.05, 0.1) is 13.1 Å². The van der Waals surface area contributed by atoms with Gasteiger partial charge in [-0.1, -0.05) is 56.9 Å². The van der Waals surface area contributed by atoms with Crippen molar-refractivity contribution in [2.24, 2.45) is 9.98 Å². The minimum Gasteiger partial charge on any atom is -0.338 e. The van der Waals surface area contributed by atoms with Gasteiger partial charge in [0.1, 0.15) is 0 Å². The largest absolute Gasteiger partial charge is 0.338 e. The Kier molecular flexibility index (Phi) is 17.0. The van der Waals surface area contributed by atoms with Crippen molar-refractivity contribution in [1.82, 2.24) is 10.6 Å². The summed E-state index contributed by atoms with van der Waals surface area (Å²) in [5.74, 6) is -0.0151. The summed E-state index contributed by atoms with van der Waals surface area (Å²) < 4.78 is 0. The molecule has 4 aromatic carbocycles. The summed E-state index contributed by atoms with van der Waals surface area (Å²) in [5, 5.41) is 22.6. The number of anilines is 6. The van der Waals surface area contributed by atoms with Crippen LogP contribution in [0.15, 0.2) is 94.9 Å². The number of isocyanates is 2. The van der Waals surface area contributed by atoms with Crippen LogP contribution in [0.3, 0.4) is 0 Å². The van der Waals surface area contributed by atoms with Crippen LogP contribution in [0.25, 0.3) is 11.1 Å². The van der Waals surface area contributed by atoms with Crippen molar-refractivity contribution in [3.63, 3.8) is 0 Å². The van der Waals surface area contributed by atoms with E-state index < -0.39 is 12.1 Å². The topological polar surface area (TPSA) is 223 Å². The highest BCUT2D eigenvalue weighted by Crippen LogP contribution is 2.46. The predicted octanol–water partition coefficient (Wildman–Crippen LogP) is 9.14. The molecule has 0 unspecified atom stereocenters. The van der Waals surface area contributed by atoms with Crippen LogP contribution in [0.2, 0.25) is 0 Å². The summed E-state index contributed by atoms with van der Waals surface area (Å²) in [7, 11) is 0. The van der Waals surface area contributed by atoms with Crippen molar-refractivity contribution in [1.29, 1.82) is 0 Å². The molecule has 312 valence electrons. The summed E-state index contributed by atoms with van der Waals surface area (Å²) in [6.45, 7) is 4.03. The third kappa shape index (κ3) is 14.0. The van der Waals surface area contributed by atoms with Crippen molar-refractivity contribution in [2.75, 3.05) is 58.1 Å². The fourth-order valence-corrected chi connectivity index (χ4v) is 6.78. The van der Waals surface area contributed by atoms with Gasteiger partial charge in [-0.25, -0.2) is 38.8 Å². The Labute approximate surface area is 348 Å². The third-order valence-electron chi connectivity index (χ3n) is 9.69. The van der Waals surface area contributed by atoms with Crippen molar-refractivity contribution in [2.45, 2.75) is 64.2 Å². The second kappa shape index (κ2) is 23.2. The number of urea groups is 4. The van der Waals surface area contributed by atoms with Crippen LogP contribution in [-0.4, -0.2) is 62.5 Å². The first kappa shape index (κ1) is 43.8. The number of benzene rings is 4. The monoisotopic (exact) mass is 814 g/mol. The molecule has 16 heteroatoms. The first-order chi connectivity index (χ1) is 29.2. The smallest absolute Gasteiger partial charge is 0.323 e. The molecule has 0 bridgehead atoms. The molecule has 0 aromatic heterocycles. The molecule has 1 aliphatic rings. The van der Waals surface area contributed by atoms with Crippen LogP contribution in [0.1, 0.15) is 75.3 Å². The first-order valence-electron chi connectivity index (χ1n) is 20.0. The Bertz CT molecular complexity index is 2080. The van der Waals surface area contributed by atoms with Crippen molar-refractivity contribution in [3.05, 3.63) is 96.1 Å². The van der Waals surface area contributed by atoms with E-state index in [-0.39, 0.29) is 18.0 Å². The van der Waals surface area contributed by atoms with Gasteiger partial charge < -0.3 is 42.5 Å². The molecule has 4 aromatic rings. The zero-order chi connectivity index (χ0) is 42.5. The van der Waals surface area contributed by atoms with E-state index in [0.29, 0.717) is 60.3 Å². The van der Waals surface area contributed by atoms with Crippen LogP contribution < -0.4 is 42.5 Å². The van der Waals surface area contributed by atoms with Crippen LogP contribution in [0, 0.1) is 0 Å². The fourth-order valence-electron chi connectivity index (χ4n) is 6.78. The lowest BCUT2D eigenvalue weighted by Crippen LogP contribution is -2.29. The standard InChI is InChI=1S/C44H50N10O6/c1-30-39-26-35(53-43(59)51-33-14-10-12-31(24-33)49-41(57)47-22-8-4-2-6-20-45-28-55)16-18-37(39)38-19-17-36(27-40(30)38)54-44(60)52-34-15-11-13-32(25-34)50-42(58)48-23-9-5-3-7-21-46-29-56/h10-19,24-27,30H,2-9,20-23H2,1H3,(H2,47,49,57)(H2,48,50,58)(H2,51,53,59)(H2,52,54,60). The summed E-state index contributed by atoms with van der Waals surface area (Å²) in [5.41, 5.74) is 7.40. The number of hydrogen-bond acceptors (Lipinski definition) is 8. The summed E-state index contributed by atoms with van der Waals surface area (Å²) in [6.07, 6.45) is 9.93. The quantitative estimate of drug-likeness (QED) is 0.0247. The van der Waals surface area contributed by atoms with Gasteiger partial charge in [0, 0.05) is 53.1 Å². The second-order valence-electron chi connectivity index (χ2n) is 14.2. The normalized spacial score (nSPS) is 12.0. The van der Waals surface area contributed by atoms with Crippen molar-refractivity contribution in [3.8, 4) is 11.1 Å². The highest BCUT2D eigenvalue weighted by atomic mass is 16.2. The summed E-state index contributed by atoms with van der Waals surface area (Å²) in [6, 6.07) is 23.6. The van der Waals surface area contributed by atoms with E-state index >= 15 is 0 Å². The van der Waals surface area contributed by atoms with E-state index in [4.69, 9.17) is 0 Å². The van der Waals surface area contributed by atoms with Gasteiger partial charge in [0.2, 0.25) is 12.2 Å². The highest BCUT2D eigenvalue weighted by Gasteiger charge is 2.26. The first-order valence-corrected chi connectivity index (χ1v) is 20.0. The van der Waals surface area contributed by atoms with Gasteiger partial charge in [-0.15, -0.1) is 0 Å². The number of rotatable bonds is 20. The maximum Gasteiger partial charge on any atom is 0.323 e. The number of carbonyl (C=O) groups is 4. The molecule has 1 aliphatic carbocycles. The molecule has 0 radical (unpaired) electrons. The third-order valence-corrected chi connectivity index (χ3v) is 9.69.